The fraction of sp³-hybridized carbons (Fsp3) is 0.800. The van der Waals surface area contributed by atoms with Crippen molar-refractivity contribution < 1.29 is 24.6 Å². The van der Waals surface area contributed by atoms with Crippen LogP contribution in [0.5, 0.6) is 0 Å². The Balaban J connectivity index is 2.24. The van der Waals surface area contributed by atoms with E-state index in [1.54, 1.807) is 20.8 Å². The number of carbonyl (C=O) groups is 3. The molecule has 0 aromatic heterocycles. The molecule has 7 nitrogen and oxygen atoms in total. The lowest BCUT2D eigenvalue weighted by Crippen LogP contribution is -2.57. The minimum atomic E-state index is -1.29. The Morgan fingerprint density at radius 2 is 1.77 bits per heavy atom. The van der Waals surface area contributed by atoms with Gasteiger partial charge in [0.2, 0.25) is 5.91 Å². The molecule has 3 N–H and O–H groups in total. The number of carboxylic acid groups (broad SMARTS) is 2. The van der Waals surface area contributed by atoms with Gasteiger partial charge in [0.05, 0.1) is 0 Å². The van der Waals surface area contributed by atoms with Crippen LogP contribution < -0.4 is 5.32 Å². The van der Waals surface area contributed by atoms with Crippen molar-refractivity contribution in [2.45, 2.75) is 46.7 Å². The molecule has 2 fully saturated rings. The van der Waals surface area contributed by atoms with Crippen LogP contribution >= 0.6 is 0 Å². The molecule has 1 heterocycles. The molecule has 2 amide bonds. The van der Waals surface area contributed by atoms with Crippen LogP contribution in [0, 0.1) is 22.7 Å². The number of hydrogen-bond acceptors (Lipinski definition) is 3. The Hall–Kier alpha value is -1.79. The predicted molar refractivity (Wildman–Crippen MR) is 78.3 cm³/mol. The van der Waals surface area contributed by atoms with Crippen LogP contribution in [0.15, 0.2) is 0 Å². The highest BCUT2D eigenvalue weighted by Crippen LogP contribution is 2.64. The van der Waals surface area contributed by atoms with Crippen molar-refractivity contribution in [1.29, 1.82) is 0 Å². The van der Waals surface area contributed by atoms with E-state index in [1.807, 2.05) is 13.8 Å². The quantitative estimate of drug-likeness (QED) is 0.726. The molecule has 0 aromatic rings. The highest BCUT2D eigenvalue weighted by atomic mass is 16.4. The van der Waals surface area contributed by atoms with Crippen LogP contribution in [0.4, 0.5) is 4.79 Å². The van der Waals surface area contributed by atoms with Crippen molar-refractivity contribution in [2.24, 2.45) is 22.7 Å². The summed E-state index contributed by atoms with van der Waals surface area (Å²) < 4.78 is 0. The molecule has 1 aliphatic carbocycles. The number of piperidine rings is 1. The van der Waals surface area contributed by atoms with Crippen molar-refractivity contribution in [3.8, 4) is 0 Å². The molecular formula is C15H24N2O5. The molecule has 1 saturated carbocycles. The van der Waals surface area contributed by atoms with Crippen LogP contribution in [-0.4, -0.2) is 51.7 Å². The normalized spacial score (nSPS) is 30.4. The first-order chi connectivity index (χ1) is 9.89. The Morgan fingerprint density at radius 3 is 2.18 bits per heavy atom. The summed E-state index contributed by atoms with van der Waals surface area (Å²) in [5, 5.41) is 20.7. The van der Waals surface area contributed by atoms with Crippen molar-refractivity contribution >= 4 is 18.0 Å². The lowest BCUT2D eigenvalue weighted by atomic mass is 9.85. The van der Waals surface area contributed by atoms with Gasteiger partial charge >= 0.3 is 12.1 Å². The molecule has 0 bridgehead atoms. The van der Waals surface area contributed by atoms with E-state index in [-0.39, 0.29) is 17.3 Å². The monoisotopic (exact) mass is 312 g/mol. The molecule has 4 atom stereocenters. The predicted octanol–water partition coefficient (Wildman–Crippen LogP) is 1.24. The van der Waals surface area contributed by atoms with E-state index in [0.29, 0.717) is 6.54 Å². The Bertz CT molecular complexity index is 523. The van der Waals surface area contributed by atoms with Gasteiger partial charge in [0.1, 0.15) is 12.1 Å². The van der Waals surface area contributed by atoms with E-state index in [1.165, 1.54) is 4.90 Å². The third-order valence-electron chi connectivity index (χ3n) is 5.13. The average molecular weight is 312 g/mol. The molecule has 0 aromatic carbocycles. The molecule has 1 aliphatic heterocycles. The summed E-state index contributed by atoms with van der Waals surface area (Å²) in [7, 11) is 0. The number of hydrogen-bond donors (Lipinski definition) is 3. The third-order valence-corrected chi connectivity index (χ3v) is 5.13. The first kappa shape index (κ1) is 16.6. The van der Waals surface area contributed by atoms with E-state index < -0.39 is 35.5 Å². The van der Waals surface area contributed by atoms with Gasteiger partial charge in [-0.3, -0.25) is 4.79 Å². The van der Waals surface area contributed by atoms with Gasteiger partial charge in [0, 0.05) is 12.5 Å². The summed E-state index contributed by atoms with van der Waals surface area (Å²) >= 11 is 0. The van der Waals surface area contributed by atoms with E-state index in [2.05, 4.69) is 5.32 Å². The van der Waals surface area contributed by atoms with E-state index >= 15 is 0 Å². The van der Waals surface area contributed by atoms with Crippen LogP contribution in [0.2, 0.25) is 0 Å². The first-order valence-corrected chi connectivity index (χ1v) is 7.41. The lowest BCUT2D eigenvalue weighted by molar-refractivity contribution is -0.152. The number of nitrogens with zero attached hydrogens (tertiary/aromatic N) is 1. The maximum Gasteiger partial charge on any atom is 0.405 e. The molecule has 2 rings (SSSR count). The summed E-state index contributed by atoms with van der Waals surface area (Å²) in [5.74, 6) is -1.36. The second-order valence-electron chi connectivity index (χ2n) is 7.98. The second-order valence-corrected chi connectivity index (χ2v) is 7.98. The fourth-order valence-electron chi connectivity index (χ4n) is 3.73. The molecule has 22 heavy (non-hydrogen) atoms. The SMILES string of the molecule is CC(C)(C)[C@H](NC(=O)O)C(=O)N1C[C@H]2[C@@H]([C@H]1C(=O)O)C2(C)C. The van der Waals surface area contributed by atoms with Crippen LogP contribution in [0.3, 0.4) is 0 Å². The highest BCUT2D eigenvalue weighted by Gasteiger charge is 2.70. The maximum atomic E-state index is 12.8. The highest BCUT2D eigenvalue weighted by molar-refractivity contribution is 5.91. The molecule has 1 saturated heterocycles. The van der Waals surface area contributed by atoms with Gasteiger partial charge in [-0.15, -0.1) is 0 Å². The van der Waals surface area contributed by atoms with Gasteiger partial charge < -0.3 is 20.4 Å². The van der Waals surface area contributed by atoms with Crippen molar-refractivity contribution in [3.05, 3.63) is 0 Å². The molecule has 0 unspecified atom stereocenters. The molecule has 2 aliphatic rings. The van der Waals surface area contributed by atoms with Gasteiger partial charge in [0.25, 0.3) is 0 Å². The summed E-state index contributed by atoms with van der Waals surface area (Å²) in [6.07, 6.45) is -1.29. The van der Waals surface area contributed by atoms with Crippen molar-refractivity contribution in [3.63, 3.8) is 0 Å². The van der Waals surface area contributed by atoms with Gasteiger partial charge in [-0.1, -0.05) is 34.6 Å². The smallest absolute Gasteiger partial charge is 0.405 e. The topological polar surface area (TPSA) is 107 Å². The fourth-order valence-corrected chi connectivity index (χ4v) is 3.73. The largest absolute Gasteiger partial charge is 0.480 e. The lowest BCUT2D eigenvalue weighted by Gasteiger charge is -2.36. The zero-order valence-corrected chi connectivity index (χ0v) is 13.6. The summed E-state index contributed by atoms with van der Waals surface area (Å²) in [5.41, 5.74) is -0.710. The molecule has 124 valence electrons. The Morgan fingerprint density at radius 1 is 1.23 bits per heavy atom. The third kappa shape index (κ3) is 2.53. The van der Waals surface area contributed by atoms with Crippen molar-refractivity contribution in [1.82, 2.24) is 10.2 Å². The zero-order valence-electron chi connectivity index (χ0n) is 13.6. The minimum absolute atomic E-state index is 0.0561. The number of aliphatic carboxylic acids is 1. The van der Waals surface area contributed by atoms with E-state index in [4.69, 9.17) is 5.11 Å². The Kier molecular flexibility index (Phi) is 3.66. The number of amides is 2. The molecule has 7 heteroatoms. The minimum Gasteiger partial charge on any atom is -0.480 e. The zero-order chi connectivity index (χ0) is 17.0. The van der Waals surface area contributed by atoms with Crippen LogP contribution in [-0.2, 0) is 9.59 Å². The summed E-state index contributed by atoms with van der Waals surface area (Å²) in [6, 6.07) is -1.83. The molecular weight excluding hydrogens is 288 g/mol. The summed E-state index contributed by atoms with van der Waals surface area (Å²) in [4.78, 5) is 36.7. The van der Waals surface area contributed by atoms with Gasteiger partial charge in [0.15, 0.2) is 0 Å². The van der Waals surface area contributed by atoms with E-state index in [9.17, 15) is 19.5 Å². The maximum absolute atomic E-state index is 12.8. The van der Waals surface area contributed by atoms with Gasteiger partial charge in [-0.25, -0.2) is 9.59 Å². The number of carboxylic acids is 1. The number of fused-ring (bicyclic) bond motifs is 1. The number of nitrogens with one attached hydrogen (secondary N) is 1. The summed E-state index contributed by atoms with van der Waals surface area (Å²) in [6.45, 7) is 9.65. The first-order valence-electron chi connectivity index (χ1n) is 7.41. The molecule has 0 radical (unpaired) electrons. The van der Waals surface area contributed by atoms with E-state index in [0.717, 1.165) is 0 Å². The van der Waals surface area contributed by atoms with Crippen LogP contribution in [0.1, 0.15) is 34.6 Å². The van der Waals surface area contributed by atoms with Gasteiger partial charge in [-0.05, 0) is 16.7 Å². The number of rotatable bonds is 3. The Labute approximate surface area is 129 Å². The van der Waals surface area contributed by atoms with Gasteiger partial charge in [-0.2, -0.15) is 0 Å². The average Bonchev–Trinajstić information content (AvgIpc) is 2.74. The van der Waals surface area contributed by atoms with Crippen molar-refractivity contribution in [2.75, 3.05) is 6.54 Å². The molecule has 0 spiro atoms. The van der Waals surface area contributed by atoms with Crippen LogP contribution in [0.25, 0.3) is 0 Å². The standard InChI is InChI=1S/C15H24N2O5/c1-14(2,3)10(16-13(21)22)11(18)17-6-7-8(15(7,4)5)9(17)12(19)20/h7-10,16H,6H2,1-5H3,(H,19,20)(H,21,22)/t7-,8-,9-,10+/m0/s1. The number of carbonyl (C=O) groups excluding carboxylic acids is 1. The second kappa shape index (κ2) is 4.86. The number of likely N-dealkylation sites (tertiary alicyclic amines) is 1.